The maximum atomic E-state index is 9.88. The van der Waals surface area contributed by atoms with Crippen LogP contribution in [0.2, 0.25) is 0 Å². The van der Waals surface area contributed by atoms with Crippen molar-refractivity contribution < 1.29 is 14.6 Å². The monoisotopic (exact) mass is 222 g/mol. The highest BCUT2D eigenvalue weighted by Crippen LogP contribution is 2.34. The number of hydrogen-bond donors (Lipinski definition) is 1. The lowest BCUT2D eigenvalue weighted by Gasteiger charge is -2.23. The van der Waals surface area contributed by atoms with Gasteiger partial charge in [-0.15, -0.1) is 0 Å². The number of benzene rings is 1. The second-order valence-corrected chi connectivity index (χ2v) is 4.07. The second-order valence-electron chi connectivity index (χ2n) is 4.07. The van der Waals surface area contributed by atoms with Crippen molar-refractivity contribution in [3.63, 3.8) is 0 Å². The van der Waals surface area contributed by atoms with Gasteiger partial charge in [-0.3, -0.25) is 0 Å². The van der Waals surface area contributed by atoms with Gasteiger partial charge in [0.1, 0.15) is 12.4 Å². The van der Waals surface area contributed by atoms with Gasteiger partial charge in [-0.1, -0.05) is 12.1 Å². The number of fused-ring (bicyclic) bond motifs is 1. The van der Waals surface area contributed by atoms with Gasteiger partial charge in [0.2, 0.25) is 0 Å². The van der Waals surface area contributed by atoms with Crippen molar-refractivity contribution >= 4 is 0 Å². The van der Waals surface area contributed by atoms with E-state index in [4.69, 9.17) is 9.47 Å². The lowest BCUT2D eigenvalue weighted by atomic mass is 9.89. The predicted molar refractivity (Wildman–Crippen MR) is 61.7 cm³/mol. The Hall–Kier alpha value is -1.06. The molecule has 2 rings (SSSR count). The largest absolute Gasteiger partial charge is 0.491 e. The average Bonchev–Trinajstić information content (AvgIpc) is 2.31. The third kappa shape index (κ3) is 2.36. The maximum absolute atomic E-state index is 9.88. The molecule has 16 heavy (non-hydrogen) atoms. The van der Waals surface area contributed by atoms with Crippen molar-refractivity contribution in [2.75, 3.05) is 20.3 Å². The first-order valence-electron chi connectivity index (χ1n) is 5.74. The SMILES string of the molecule is COCCOc1cccc2c1CCCC2O. The Kier molecular flexibility index (Phi) is 3.80. The Morgan fingerprint density at radius 1 is 1.38 bits per heavy atom. The minimum absolute atomic E-state index is 0.324. The normalized spacial score (nSPS) is 19.2. The minimum Gasteiger partial charge on any atom is -0.491 e. The van der Waals surface area contributed by atoms with Gasteiger partial charge in [0, 0.05) is 7.11 Å². The molecule has 0 saturated heterocycles. The number of rotatable bonds is 4. The van der Waals surface area contributed by atoms with Crippen LogP contribution in [0.4, 0.5) is 0 Å². The van der Waals surface area contributed by atoms with E-state index in [2.05, 4.69) is 0 Å². The van der Waals surface area contributed by atoms with Crippen molar-refractivity contribution in [3.8, 4) is 5.75 Å². The zero-order valence-corrected chi connectivity index (χ0v) is 9.61. The van der Waals surface area contributed by atoms with E-state index in [1.807, 2.05) is 18.2 Å². The van der Waals surface area contributed by atoms with Gasteiger partial charge >= 0.3 is 0 Å². The fourth-order valence-electron chi connectivity index (χ4n) is 2.16. The van der Waals surface area contributed by atoms with Gasteiger partial charge in [-0.2, -0.15) is 0 Å². The van der Waals surface area contributed by atoms with Crippen LogP contribution >= 0.6 is 0 Å². The third-order valence-corrected chi connectivity index (χ3v) is 2.98. The summed E-state index contributed by atoms with van der Waals surface area (Å²) >= 11 is 0. The summed E-state index contributed by atoms with van der Waals surface area (Å²) in [5.74, 6) is 0.897. The lowest BCUT2D eigenvalue weighted by Crippen LogP contribution is -2.12. The summed E-state index contributed by atoms with van der Waals surface area (Å²) in [6.07, 6.45) is 2.55. The highest BCUT2D eigenvalue weighted by molar-refractivity contribution is 5.42. The molecule has 0 bridgehead atoms. The molecule has 3 heteroatoms. The smallest absolute Gasteiger partial charge is 0.122 e. The van der Waals surface area contributed by atoms with Crippen LogP contribution in [-0.2, 0) is 11.2 Å². The zero-order valence-electron chi connectivity index (χ0n) is 9.61. The van der Waals surface area contributed by atoms with Crippen molar-refractivity contribution in [2.24, 2.45) is 0 Å². The van der Waals surface area contributed by atoms with Crippen molar-refractivity contribution in [1.29, 1.82) is 0 Å². The first-order chi connectivity index (χ1) is 7.83. The summed E-state index contributed by atoms with van der Waals surface area (Å²) in [5, 5.41) is 9.88. The molecule has 3 nitrogen and oxygen atoms in total. The van der Waals surface area contributed by atoms with Gasteiger partial charge < -0.3 is 14.6 Å². The van der Waals surface area contributed by atoms with E-state index < -0.39 is 0 Å². The number of aliphatic hydroxyl groups excluding tert-OH is 1. The van der Waals surface area contributed by atoms with Crippen LogP contribution in [0.1, 0.15) is 30.1 Å². The van der Waals surface area contributed by atoms with Crippen molar-refractivity contribution in [3.05, 3.63) is 29.3 Å². The van der Waals surface area contributed by atoms with E-state index in [1.54, 1.807) is 7.11 Å². The number of hydrogen-bond acceptors (Lipinski definition) is 3. The molecule has 88 valence electrons. The van der Waals surface area contributed by atoms with Gasteiger partial charge in [0.15, 0.2) is 0 Å². The Morgan fingerprint density at radius 3 is 3.06 bits per heavy atom. The molecular formula is C13H18O3. The average molecular weight is 222 g/mol. The second kappa shape index (κ2) is 5.32. The summed E-state index contributed by atoms with van der Waals surface area (Å²) in [4.78, 5) is 0. The van der Waals surface area contributed by atoms with Gasteiger partial charge in [-0.05, 0) is 36.5 Å². The van der Waals surface area contributed by atoms with Gasteiger partial charge in [-0.25, -0.2) is 0 Å². The molecule has 1 aliphatic rings. The highest BCUT2D eigenvalue weighted by atomic mass is 16.5. The Balaban J connectivity index is 2.15. The van der Waals surface area contributed by atoms with Crippen LogP contribution < -0.4 is 4.74 Å². The van der Waals surface area contributed by atoms with Gasteiger partial charge in [0.05, 0.1) is 12.7 Å². The van der Waals surface area contributed by atoms with E-state index in [9.17, 15) is 5.11 Å². The molecule has 1 aromatic rings. The van der Waals surface area contributed by atoms with Crippen molar-refractivity contribution in [2.45, 2.75) is 25.4 Å². The Labute approximate surface area is 96.0 Å². The van der Waals surface area contributed by atoms with Crippen LogP contribution in [0.25, 0.3) is 0 Å². The summed E-state index contributed by atoms with van der Waals surface area (Å²) in [6.45, 7) is 1.15. The molecule has 1 unspecified atom stereocenters. The maximum Gasteiger partial charge on any atom is 0.122 e. The van der Waals surface area contributed by atoms with E-state index >= 15 is 0 Å². The highest BCUT2D eigenvalue weighted by Gasteiger charge is 2.20. The predicted octanol–water partition coefficient (Wildman–Crippen LogP) is 2.08. The first-order valence-corrected chi connectivity index (χ1v) is 5.74. The third-order valence-electron chi connectivity index (χ3n) is 2.98. The van der Waals surface area contributed by atoms with Crippen LogP contribution in [0.3, 0.4) is 0 Å². The Bertz CT molecular complexity index is 349. The van der Waals surface area contributed by atoms with Gasteiger partial charge in [0.25, 0.3) is 0 Å². The first kappa shape index (κ1) is 11.4. The quantitative estimate of drug-likeness (QED) is 0.793. The molecule has 0 aliphatic heterocycles. The van der Waals surface area contributed by atoms with E-state index in [0.717, 1.165) is 36.1 Å². The fourth-order valence-corrected chi connectivity index (χ4v) is 2.16. The lowest BCUT2D eigenvalue weighted by molar-refractivity contribution is 0.141. The van der Waals surface area contributed by atoms with Crippen LogP contribution in [0.5, 0.6) is 5.75 Å². The molecular weight excluding hydrogens is 204 g/mol. The molecule has 1 aliphatic carbocycles. The van der Waals surface area contributed by atoms with Crippen LogP contribution in [-0.4, -0.2) is 25.4 Å². The number of ether oxygens (including phenoxy) is 2. The zero-order chi connectivity index (χ0) is 11.4. The summed E-state index contributed by atoms with van der Waals surface area (Å²) in [7, 11) is 1.66. The molecule has 0 heterocycles. The molecule has 0 aromatic heterocycles. The molecule has 0 amide bonds. The molecule has 1 atom stereocenters. The minimum atomic E-state index is -0.324. The van der Waals surface area contributed by atoms with Crippen molar-refractivity contribution in [1.82, 2.24) is 0 Å². The van der Waals surface area contributed by atoms with E-state index in [1.165, 1.54) is 0 Å². The number of aliphatic hydroxyl groups is 1. The molecule has 0 fully saturated rings. The number of methoxy groups -OCH3 is 1. The van der Waals surface area contributed by atoms with Crippen LogP contribution in [0.15, 0.2) is 18.2 Å². The molecule has 0 radical (unpaired) electrons. The molecule has 1 aromatic carbocycles. The standard InChI is InChI=1S/C13H18O3/c1-15-8-9-16-13-7-3-4-10-11(13)5-2-6-12(10)14/h3-4,7,12,14H,2,5-6,8-9H2,1H3. The summed E-state index contributed by atoms with van der Waals surface area (Å²) < 4.78 is 10.6. The van der Waals surface area contributed by atoms with E-state index in [0.29, 0.717) is 13.2 Å². The summed E-state index contributed by atoms with van der Waals surface area (Å²) in [5.41, 5.74) is 2.19. The fraction of sp³-hybridized carbons (Fsp3) is 0.538. The molecule has 0 saturated carbocycles. The Morgan fingerprint density at radius 2 is 2.25 bits per heavy atom. The molecule has 1 N–H and O–H groups in total. The van der Waals surface area contributed by atoms with Crippen LogP contribution in [0, 0.1) is 0 Å². The van der Waals surface area contributed by atoms with E-state index in [-0.39, 0.29) is 6.10 Å². The topological polar surface area (TPSA) is 38.7 Å². The molecule has 0 spiro atoms. The summed E-state index contributed by atoms with van der Waals surface area (Å²) in [6, 6.07) is 5.89.